The summed E-state index contributed by atoms with van der Waals surface area (Å²) in [7, 11) is 0. The van der Waals surface area contributed by atoms with E-state index in [1.165, 1.54) is 0 Å². The van der Waals surface area contributed by atoms with Gasteiger partial charge in [-0.2, -0.15) is 15.0 Å². The maximum atomic E-state index is 5.49. The highest BCUT2D eigenvalue weighted by Gasteiger charge is 2.08. The molecule has 0 bridgehead atoms. The second kappa shape index (κ2) is 8.50. The Bertz CT molecular complexity index is 346. The first-order valence-corrected chi connectivity index (χ1v) is 7.08. The van der Waals surface area contributed by atoms with Crippen molar-refractivity contribution in [2.45, 2.75) is 53.0 Å². The first-order chi connectivity index (χ1) is 9.19. The smallest absolute Gasteiger partial charge is 0.323 e. The minimum atomic E-state index is 0.320. The van der Waals surface area contributed by atoms with Crippen LogP contribution in [-0.2, 0) is 0 Å². The van der Waals surface area contributed by atoms with Crippen LogP contribution < -0.4 is 15.4 Å². The average molecular weight is 267 g/mol. The summed E-state index contributed by atoms with van der Waals surface area (Å²) in [6.45, 7) is 9.80. The fourth-order valence-electron chi connectivity index (χ4n) is 1.32. The van der Waals surface area contributed by atoms with E-state index in [1.807, 2.05) is 0 Å². The molecule has 6 heteroatoms. The van der Waals surface area contributed by atoms with E-state index < -0.39 is 0 Å². The number of aromatic nitrogens is 3. The zero-order valence-electron chi connectivity index (χ0n) is 12.4. The third kappa shape index (κ3) is 5.72. The summed E-state index contributed by atoms with van der Waals surface area (Å²) < 4.78 is 5.49. The summed E-state index contributed by atoms with van der Waals surface area (Å²) >= 11 is 0. The molecule has 0 amide bonds. The van der Waals surface area contributed by atoms with Crippen LogP contribution in [0.5, 0.6) is 6.01 Å². The largest absolute Gasteiger partial charge is 0.463 e. The van der Waals surface area contributed by atoms with E-state index in [1.54, 1.807) is 0 Å². The van der Waals surface area contributed by atoms with E-state index in [2.05, 4.69) is 53.3 Å². The number of nitrogens with zero attached hydrogens (tertiary/aromatic N) is 3. The summed E-state index contributed by atoms with van der Waals surface area (Å²) in [4.78, 5) is 12.9. The number of ether oxygens (including phenoxy) is 1. The van der Waals surface area contributed by atoms with E-state index in [4.69, 9.17) is 4.74 Å². The molecule has 19 heavy (non-hydrogen) atoms. The second-order valence-corrected chi connectivity index (χ2v) is 4.49. The SMILES string of the molecule is CCCNc1nc(NC(C)CC)nc(OCCC)n1. The molecule has 1 aromatic heterocycles. The predicted octanol–water partition coefficient (Wildman–Crippen LogP) is 2.69. The van der Waals surface area contributed by atoms with Gasteiger partial charge in [0.1, 0.15) is 0 Å². The molecule has 1 unspecified atom stereocenters. The minimum absolute atomic E-state index is 0.320. The van der Waals surface area contributed by atoms with Gasteiger partial charge in [0.25, 0.3) is 0 Å². The topological polar surface area (TPSA) is 72.0 Å². The van der Waals surface area contributed by atoms with Crippen LogP contribution in [0.3, 0.4) is 0 Å². The van der Waals surface area contributed by atoms with Crippen molar-refractivity contribution in [1.29, 1.82) is 0 Å². The molecule has 0 saturated carbocycles. The van der Waals surface area contributed by atoms with Crippen LogP contribution >= 0.6 is 0 Å². The Morgan fingerprint density at radius 1 is 1.05 bits per heavy atom. The van der Waals surface area contributed by atoms with Gasteiger partial charge in [-0.3, -0.25) is 0 Å². The van der Waals surface area contributed by atoms with E-state index in [0.29, 0.717) is 30.6 Å². The highest BCUT2D eigenvalue weighted by atomic mass is 16.5. The second-order valence-electron chi connectivity index (χ2n) is 4.49. The van der Waals surface area contributed by atoms with Crippen LogP contribution in [0.4, 0.5) is 11.9 Å². The molecule has 1 aromatic rings. The minimum Gasteiger partial charge on any atom is -0.463 e. The molecule has 0 aliphatic rings. The van der Waals surface area contributed by atoms with E-state index >= 15 is 0 Å². The molecule has 0 aromatic carbocycles. The Labute approximate surface area is 115 Å². The molecule has 0 aliphatic carbocycles. The average Bonchev–Trinajstić information content (AvgIpc) is 2.42. The Morgan fingerprint density at radius 3 is 2.42 bits per heavy atom. The van der Waals surface area contributed by atoms with Gasteiger partial charge < -0.3 is 15.4 Å². The van der Waals surface area contributed by atoms with Gasteiger partial charge in [0.05, 0.1) is 6.61 Å². The van der Waals surface area contributed by atoms with Crippen LogP contribution in [-0.4, -0.2) is 34.1 Å². The molecule has 0 fully saturated rings. The normalized spacial score (nSPS) is 12.0. The van der Waals surface area contributed by atoms with Gasteiger partial charge in [-0.15, -0.1) is 0 Å². The summed E-state index contributed by atoms with van der Waals surface area (Å²) in [5, 5.41) is 6.40. The highest BCUT2D eigenvalue weighted by Crippen LogP contribution is 2.13. The molecular weight excluding hydrogens is 242 g/mol. The fourth-order valence-corrected chi connectivity index (χ4v) is 1.32. The van der Waals surface area contributed by atoms with Crippen molar-refractivity contribution in [3.63, 3.8) is 0 Å². The van der Waals surface area contributed by atoms with Crippen molar-refractivity contribution >= 4 is 11.9 Å². The molecule has 6 nitrogen and oxygen atoms in total. The van der Waals surface area contributed by atoms with Crippen LogP contribution in [0, 0.1) is 0 Å². The molecule has 2 N–H and O–H groups in total. The first kappa shape index (κ1) is 15.5. The zero-order chi connectivity index (χ0) is 14.1. The monoisotopic (exact) mass is 267 g/mol. The van der Waals surface area contributed by atoms with Crippen molar-refractivity contribution in [2.75, 3.05) is 23.8 Å². The van der Waals surface area contributed by atoms with Crippen LogP contribution in [0.25, 0.3) is 0 Å². The maximum Gasteiger partial charge on any atom is 0.323 e. The zero-order valence-corrected chi connectivity index (χ0v) is 12.4. The van der Waals surface area contributed by atoms with Crippen molar-refractivity contribution in [3.05, 3.63) is 0 Å². The lowest BCUT2D eigenvalue weighted by Gasteiger charge is -2.13. The Morgan fingerprint density at radius 2 is 1.79 bits per heavy atom. The Hall–Kier alpha value is -1.59. The molecule has 0 radical (unpaired) electrons. The van der Waals surface area contributed by atoms with Gasteiger partial charge in [0, 0.05) is 12.6 Å². The molecular formula is C13H25N5O. The molecule has 0 spiro atoms. The van der Waals surface area contributed by atoms with Crippen LogP contribution in [0.2, 0.25) is 0 Å². The van der Waals surface area contributed by atoms with E-state index in [0.717, 1.165) is 25.8 Å². The van der Waals surface area contributed by atoms with Gasteiger partial charge in [-0.1, -0.05) is 20.8 Å². The Kier molecular flexibility index (Phi) is 6.92. The van der Waals surface area contributed by atoms with Crippen molar-refractivity contribution in [1.82, 2.24) is 15.0 Å². The molecule has 108 valence electrons. The molecule has 1 heterocycles. The molecule has 0 aliphatic heterocycles. The lowest BCUT2D eigenvalue weighted by molar-refractivity contribution is 0.292. The van der Waals surface area contributed by atoms with E-state index in [9.17, 15) is 0 Å². The van der Waals surface area contributed by atoms with Gasteiger partial charge in [-0.25, -0.2) is 0 Å². The number of rotatable bonds is 9. The number of hydrogen-bond donors (Lipinski definition) is 2. The quantitative estimate of drug-likeness (QED) is 0.716. The fraction of sp³-hybridized carbons (Fsp3) is 0.769. The molecule has 1 atom stereocenters. The lowest BCUT2D eigenvalue weighted by atomic mass is 10.3. The summed E-state index contributed by atoms with van der Waals surface area (Å²) in [5.41, 5.74) is 0. The highest BCUT2D eigenvalue weighted by molar-refractivity contribution is 5.36. The summed E-state index contributed by atoms with van der Waals surface area (Å²) in [6.07, 6.45) is 2.96. The first-order valence-electron chi connectivity index (χ1n) is 7.08. The lowest BCUT2D eigenvalue weighted by Crippen LogP contribution is -2.18. The van der Waals surface area contributed by atoms with Crippen molar-refractivity contribution in [2.24, 2.45) is 0 Å². The summed E-state index contributed by atoms with van der Waals surface area (Å²) in [5.74, 6) is 1.13. The predicted molar refractivity (Wildman–Crippen MR) is 77.8 cm³/mol. The number of anilines is 2. The standard InChI is InChI=1S/C13H25N5O/c1-5-8-14-11-16-12(15-10(4)7-3)18-13(17-11)19-9-6-2/h10H,5-9H2,1-4H3,(H2,14,15,16,17,18). The van der Waals surface area contributed by atoms with Gasteiger partial charge in [0.2, 0.25) is 11.9 Å². The van der Waals surface area contributed by atoms with Crippen molar-refractivity contribution < 1.29 is 4.74 Å². The van der Waals surface area contributed by atoms with Crippen LogP contribution in [0.1, 0.15) is 47.0 Å². The number of hydrogen-bond acceptors (Lipinski definition) is 6. The Balaban J connectivity index is 2.81. The molecule has 0 saturated heterocycles. The van der Waals surface area contributed by atoms with Gasteiger partial charge in [0.15, 0.2) is 0 Å². The number of nitrogens with one attached hydrogen (secondary N) is 2. The van der Waals surface area contributed by atoms with Gasteiger partial charge in [-0.05, 0) is 26.2 Å². The third-order valence-electron chi connectivity index (χ3n) is 2.57. The molecule has 1 rings (SSSR count). The maximum absolute atomic E-state index is 5.49. The third-order valence-corrected chi connectivity index (χ3v) is 2.57. The van der Waals surface area contributed by atoms with Crippen molar-refractivity contribution in [3.8, 4) is 6.01 Å². The van der Waals surface area contributed by atoms with E-state index in [-0.39, 0.29) is 0 Å². The van der Waals surface area contributed by atoms with Crippen LogP contribution in [0.15, 0.2) is 0 Å². The summed E-state index contributed by atoms with van der Waals surface area (Å²) in [6, 6.07) is 0.696. The van der Waals surface area contributed by atoms with Gasteiger partial charge >= 0.3 is 6.01 Å².